The molecule has 1 aromatic carbocycles. The van der Waals surface area contributed by atoms with Gasteiger partial charge in [-0.3, -0.25) is 14.9 Å². The second-order valence-electron chi connectivity index (χ2n) is 4.20. The van der Waals surface area contributed by atoms with E-state index in [1.54, 1.807) is 25.1 Å². The third kappa shape index (κ3) is 3.43. The first kappa shape index (κ1) is 15.5. The highest BCUT2D eigenvalue weighted by atomic mass is 79.9. The van der Waals surface area contributed by atoms with E-state index in [0.717, 1.165) is 0 Å². The molecule has 2 aromatic rings. The van der Waals surface area contributed by atoms with Crippen LogP contribution in [0, 0.1) is 10.1 Å². The summed E-state index contributed by atoms with van der Waals surface area (Å²) >= 11 is 9.19. The molecule has 1 aromatic heterocycles. The number of hydrogen-bond donors (Lipinski definition) is 1. The second-order valence-corrected chi connectivity index (χ2v) is 5.50. The van der Waals surface area contributed by atoms with Gasteiger partial charge in [0.15, 0.2) is 0 Å². The maximum atomic E-state index is 12.3. The fraction of sp³-hybridized carbons (Fsp3) is 0.154. The minimum Gasteiger partial charge on any atom is -0.337 e. The highest BCUT2D eigenvalue weighted by molar-refractivity contribution is 9.10. The van der Waals surface area contributed by atoms with E-state index in [9.17, 15) is 14.9 Å². The van der Waals surface area contributed by atoms with Crippen molar-refractivity contribution in [2.45, 2.75) is 13.5 Å². The molecule has 0 aliphatic rings. The van der Waals surface area contributed by atoms with E-state index in [0.29, 0.717) is 21.7 Å². The van der Waals surface area contributed by atoms with Gasteiger partial charge < -0.3 is 9.88 Å². The Morgan fingerprint density at radius 2 is 2.19 bits per heavy atom. The van der Waals surface area contributed by atoms with Gasteiger partial charge >= 0.3 is 0 Å². The molecule has 1 N–H and O–H groups in total. The van der Waals surface area contributed by atoms with Crippen molar-refractivity contribution in [3.8, 4) is 0 Å². The summed E-state index contributed by atoms with van der Waals surface area (Å²) in [6, 6.07) is 6.23. The van der Waals surface area contributed by atoms with Crippen molar-refractivity contribution in [1.29, 1.82) is 0 Å². The van der Waals surface area contributed by atoms with Gasteiger partial charge in [-0.25, -0.2) is 0 Å². The number of amides is 1. The largest absolute Gasteiger partial charge is 0.337 e. The van der Waals surface area contributed by atoms with Crippen LogP contribution in [0.2, 0.25) is 5.02 Å². The van der Waals surface area contributed by atoms with Crippen LogP contribution in [0.5, 0.6) is 0 Å². The molecule has 0 bridgehead atoms. The molecule has 0 saturated heterocycles. The summed E-state index contributed by atoms with van der Waals surface area (Å²) in [5, 5.41) is 14.0. The number of hydrogen-bond acceptors (Lipinski definition) is 3. The number of anilines is 1. The molecule has 0 unspecified atom stereocenters. The Morgan fingerprint density at radius 3 is 2.81 bits per heavy atom. The molecule has 1 amide bonds. The average molecular weight is 373 g/mol. The van der Waals surface area contributed by atoms with Crippen LogP contribution in [0.3, 0.4) is 0 Å². The molecular formula is C13H11BrClN3O3. The van der Waals surface area contributed by atoms with E-state index < -0.39 is 10.8 Å². The topological polar surface area (TPSA) is 77.2 Å². The van der Waals surface area contributed by atoms with Crippen molar-refractivity contribution in [3.05, 3.63) is 55.8 Å². The lowest BCUT2D eigenvalue weighted by Crippen LogP contribution is -2.16. The van der Waals surface area contributed by atoms with Gasteiger partial charge in [-0.1, -0.05) is 11.6 Å². The van der Waals surface area contributed by atoms with Gasteiger partial charge in [0.25, 0.3) is 11.6 Å². The summed E-state index contributed by atoms with van der Waals surface area (Å²) in [7, 11) is 0. The van der Waals surface area contributed by atoms with E-state index in [4.69, 9.17) is 11.6 Å². The van der Waals surface area contributed by atoms with E-state index >= 15 is 0 Å². The molecule has 110 valence electrons. The second kappa shape index (κ2) is 6.28. The van der Waals surface area contributed by atoms with Gasteiger partial charge in [-0.2, -0.15) is 0 Å². The number of nitro groups is 1. The maximum Gasteiger partial charge on any atom is 0.287 e. The van der Waals surface area contributed by atoms with Crippen LogP contribution >= 0.6 is 27.5 Å². The lowest BCUT2D eigenvalue weighted by Gasteiger charge is -2.09. The zero-order valence-corrected chi connectivity index (χ0v) is 13.3. The first-order valence-corrected chi connectivity index (χ1v) is 7.20. The molecule has 0 saturated carbocycles. The lowest BCUT2D eigenvalue weighted by atomic mass is 10.3. The third-order valence-electron chi connectivity index (χ3n) is 2.84. The fourth-order valence-corrected chi connectivity index (χ4v) is 2.34. The minimum absolute atomic E-state index is 0.118. The van der Waals surface area contributed by atoms with E-state index in [1.165, 1.54) is 16.8 Å². The van der Waals surface area contributed by atoms with Crippen molar-refractivity contribution in [1.82, 2.24) is 4.57 Å². The van der Waals surface area contributed by atoms with Crippen molar-refractivity contribution in [2.24, 2.45) is 0 Å². The molecule has 2 rings (SSSR count). The molecule has 6 nitrogen and oxygen atoms in total. The predicted molar refractivity (Wildman–Crippen MR) is 83.9 cm³/mol. The Kier molecular flexibility index (Phi) is 4.64. The highest BCUT2D eigenvalue weighted by Gasteiger charge is 2.19. The lowest BCUT2D eigenvalue weighted by molar-refractivity contribution is -0.384. The number of aryl methyl sites for hydroxylation is 1. The normalized spacial score (nSPS) is 10.4. The molecule has 21 heavy (non-hydrogen) atoms. The summed E-state index contributed by atoms with van der Waals surface area (Å²) in [6.45, 7) is 2.25. The van der Waals surface area contributed by atoms with Crippen molar-refractivity contribution in [2.75, 3.05) is 5.32 Å². The molecule has 0 atom stereocenters. The Hall–Kier alpha value is -1.86. The van der Waals surface area contributed by atoms with Crippen LogP contribution in [0.15, 0.2) is 34.9 Å². The summed E-state index contributed by atoms with van der Waals surface area (Å²) in [5.41, 5.74) is 0.599. The summed E-state index contributed by atoms with van der Waals surface area (Å²) in [5.74, 6) is -0.437. The smallest absolute Gasteiger partial charge is 0.287 e. The minimum atomic E-state index is -0.530. The number of aromatic nitrogens is 1. The Morgan fingerprint density at radius 1 is 1.48 bits per heavy atom. The standard InChI is InChI=1S/C13H11BrClN3O3/c1-2-17-7-9(18(20)21)6-12(17)13(19)16-11-5-8(15)3-4-10(11)14/h3-7H,2H2,1H3,(H,16,19). The number of carbonyl (C=O) groups excluding carboxylic acids is 1. The molecule has 8 heteroatoms. The third-order valence-corrected chi connectivity index (χ3v) is 3.77. The SMILES string of the molecule is CCn1cc([N+](=O)[O-])cc1C(=O)Nc1cc(Cl)ccc1Br. The Bertz CT molecular complexity index is 715. The van der Waals surface area contributed by atoms with Crippen LogP contribution < -0.4 is 5.32 Å². The molecular weight excluding hydrogens is 362 g/mol. The zero-order chi connectivity index (χ0) is 15.6. The molecule has 1 heterocycles. The van der Waals surface area contributed by atoms with Gasteiger partial charge in [0.2, 0.25) is 0 Å². The molecule has 0 spiro atoms. The van der Waals surface area contributed by atoms with Gasteiger partial charge in [0.05, 0.1) is 16.8 Å². The van der Waals surface area contributed by atoms with Crippen LogP contribution in [0.25, 0.3) is 0 Å². The van der Waals surface area contributed by atoms with E-state index in [2.05, 4.69) is 21.2 Å². The summed E-state index contributed by atoms with van der Waals surface area (Å²) in [6.07, 6.45) is 1.34. The Labute approximate surface area is 134 Å². The molecule has 0 fully saturated rings. The van der Waals surface area contributed by atoms with Crippen molar-refractivity contribution >= 4 is 44.8 Å². The van der Waals surface area contributed by atoms with Crippen molar-refractivity contribution in [3.63, 3.8) is 0 Å². The fourth-order valence-electron chi connectivity index (χ4n) is 1.83. The highest BCUT2D eigenvalue weighted by Crippen LogP contribution is 2.27. The Balaban J connectivity index is 2.32. The maximum absolute atomic E-state index is 12.3. The number of nitrogens with one attached hydrogen (secondary N) is 1. The van der Waals surface area contributed by atoms with Gasteiger partial charge in [0, 0.05) is 22.1 Å². The summed E-state index contributed by atoms with van der Waals surface area (Å²) in [4.78, 5) is 22.5. The van der Waals surface area contributed by atoms with Crippen LogP contribution in [-0.4, -0.2) is 15.4 Å². The number of carbonyl (C=O) groups is 1. The number of rotatable bonds is 4. The van der Waals surface area contributed by atoms with Crippen LogP contribution in [0.1, 0.15) is 17.4 Å². The number of nitrogens with zero attached hydrogens (tertiary/aromatic N) is 2. The monoisotopic (exact) mass is 371 g/mol. The van der Waals surface area contributed by atoms with Crippen LogP contribution in [0.4, 0.5) is 11.4 Å². The van der Waals surface area contributed by atoms with Gasteiger partial charge in [-0.05, 0) is 41.1 Å². The van der Waals surface area contributed by atoms with Crippen molar-refractivity contribution < 1.29 is 9.72 Å². The first-order valence-electron chi connectivity index (χ1n) is 6.03. The zero-order valence-electron chi connectivity index (χ0n) is 11.0. The average Bonchev–Trinajstić information content (AvgIpc) is 2.87. The first-order chi connectivity index (χ1) is 9.92. The van der Waals surface area contributed by atoms with E-state index in [-0.39, 0.29) is 11.4 Å². The predicted octanol–water partition coefficient (Wildman–Crippen LogP) is 4.08. The van der Waals surface area contributed by atoms with Gasteiger partial charge in [0.1, 0.15) is 5.69 Å². The summed E-state index contributed by atoms with van der Waals surface area (Å²) < 4.78 is 2.19. The molecule has 0 radical (unpaired) electrons. The number of benzene rings is 1. The molecule has 0 aliphatic heterocycles. The quantitative estimate of drug-likeness (QED) is 0.649. The molecule has 0 aliphatic carbocycles. The van der Waals surface area contributed by atoms with E-state index in [1.807, 2.05) is 0 Å². The number of halogens is 2. The van der Waals surface area contributed by atoms with Crippen LogP contribution in [-0.2, 0) is 6.54 Å². The van der Waals surface area contributed by atoms with Gasteiger partial charge in [-0.15, -0.1) is 0 Å².